The predicted molar refractivity (Wildman–Crippen MR) is 82.8 cm³/mol. The minimum Gasteiger partial charge on any atom is -0.490 e. The summed E-state index contributed by atoms with van der Waals surface area (Å²) in [6.45, 7) is 6.87. The predicted octanol–water partition coefficient (Wildman–Crippen LogP) is 3.06. The van der Waals surface area contributed by atoms with Gasteiger partial charge in [-0.15, -0.1) is 0 Å². The summed E-state index contributed by atoms with van der Waals surface area (Å²) in [5.41, 5.74) is 1.50. The highest BCUT2D eigenvalue weighted by atomic mass is 16.5. The number of carbonyl (C=O) groups is 1. The number of benzene rings is 1. The Morgan fingerprint density at radius 1 is 1.48 bits per heavy atom. The van der Waals surface area contributed by atoms with Crippen LogP contribution in [-0.4, -0.2) is 29.3 Å². The molecule has 1 saturated carbocycles. The van der Waals surface area contributed by atoms with Crippen molar-refractivity contribution in [3.8, 4) is 5.75 Å². The van der Waals surface area contributed by atoms with Crippen LogP contribution in [0.25, 0.3) is 0 Å². The van der Waals surface area contributed by atoms with Crippen molar-refractivity contribution in [1.82, 2.24) is 5.32 Å². The van der Waals surface area contributed by atoms with Crippen molar-refractivity contribution in [2.45, 2.75) is 58.1 Å². The molecular weight excluding hydrogens is 266 g/mol. The first-order chi connectivity index (χ1) is 9.98. The minimum absolute atomic E-state index is 0.0362. The van der Waals surface area contributed by atoms with Gasteiger partial charge < -0.3 is 15.2 Å². The molecule has 0 saturated heterocycles. The third kappa shape index (κ3) is 3.38. The first-order valence-electron chi connectivity index (χ1n) is 7.70. The molecular formula is C17H25NO3. The SMILES string of the molecule is CCCNC1(C(=O)O)CCC(Oc2cccc(C)c2C)C1. The number of hydrogen-bond acceptors (Lipinski definition) is 3. The molecule has 2 unspecified atom stereocenters. The lowest BCUT2D eigenvalue weighted by Crippen LogP contribution is -2.50. The van der Waals surface area contributed by atoms with Crippen LogP contribution in [-0.2, 0) is 4.79 Å². The molecule has 1 aliphatic rings. The van der Waals surface area contributed by atoms with Crippen molar-refractivity contribution in [3.05, 3.63) is 29.3 Å². The van der Waals surface area contributed by atoms with E-state index in [4.69, 9.17) is 4.74 Å². The highest BCUT2D eigenvalue weighted by Crippen LogP contribution is 2.34. The Morgan fingerprint density at radius 3 is 2.90 bits per heavy atom. The number of carboxylic acids is 1. The fourth-order valence-electron chi connectivity index (χ4n) is 2.93. The van der Waals surface area contributed by atoms with E-state index in [0.717, 1.165) is 30.7 Å². The van der Waals surface area contributed by atoms with Gasteiger partial charge >= 0.3 is 5.97 Å². The Balaban J connectivity index is 2.07. The topological polar surface area (TPSA) is 58.6 Å². The van der Waals surface area contributed by atoms with Crippen LogP contribution in [0.1, 0.15) is 43.7 Å². The summed E-state index contributed by atoms with van der Waals surface area (Å²) in [6.07, 6.45) is 2.81. The standard InChI is InChI=1S/C17H25NO3/c1-4-10-18-17(16(19)20)9-8-14(11-17)21-15-7-5-6-12(2)13(15)3/h5-7,14,18H,4,8-11H2,1-3H3,(H,19,20). The zero-order valence-electron chi connectivity index (χ0n) is 13.1. The van der Waals surface area contributed by atoms with Gasteiger partial charge in [0.2, 0.25) is 0 Å². The third-order valence-corrected chi connectivity index (χ3v) is 4.44. The summed E-state index contributed by atoms with van der Waals surface area (Å²) >= 11 is 0. The van der Waals surface area contributed by atoms with Gasteiger partial charge in [0.1, 0.15) is 17.4 Å². The van der Waals surface area contributed by atoms with Crippen molar-refractivity contribution in [2.24, 2.45) is 0 Å². The third-order valence-electron chi connectivity index (χ3n) is 4.44. The molecule has 0 amide bonds. The summed E-state index contributed by atoms with van der Waals surface area (Å²) in [5.74, 6) is 0.111. The molecule has 21 heavy (non-hydrogen) atoms. The van der Waals surface area contributed by atoms with Gasteiger partial charge in [-0.1, -0.05) is 19.1 Å². The van der Waals surface area contributed by atoms with Crippen LogP contribution in [0.3, 0.4) is 0 Å². The molecule has 2 atom stereocenters. The van der Waals surface area contributed by atoms with E-state index in [1.54, 1.807) is 0 Å². The molecule has 0 spiro atoms. The molecule has 0 bridgehead atoms. The molecule has 0 radical (unpaired) electrons. The highest BCUT2D eigenvalue weighted by Gasteiger charge is 2.46. The van der Waals surface area contributed by atoms with Gasteiger partial charge in [-0.05, 0) is 56.8 Å². The van der Waals surface area contributed by atoms with Crippen LogP contribution in [0.4, 0.5) is 0 Å². The van der Waals surface area contributed by atoms with E-state index < -0.39 is 11.5 Å². The Morgan fingerprint density at radius 2 is 2.24 bits per heavy atom. The molecule has 0 heterocycles. The molecule has 1 fully saturated rings. The van der Waals surface area contributed by atoms with Crippen molar-refractivity contribution in [3.63, 3.8) is 0 Å². The second-order valence-corrected chi connectivity index (χ2v) is 5.99. The van der Waals surface area contributed by atoms with Gasteiger partial charge in [0.05, 0.1) is 0 Å². The van der Waals surface area contributed by atoms with Gasteiger partial charge in [0.25, 0.3) is 0 Å². The normalized spacial score (nSPS) is 25.0. The van der Waals surface area contributed by atoms with Crippen molar-refractivity contribution < 1.29 is 14.6 Å². The molecule has 4 nitrogen and oxygen atoms in total. The second-order valence-electron chi connectivity index (χ2n) is 5.99. The number of rotatable bonds is 6. The average Bonchev–Trinajstić information content (AvgIpc) is 2.86. The van der Waals surface area contributed by atoms with E-state index in [0.29, 0.717) is 12.8 Å². The first-order valence-corrected chi connectivity index (χ1v) is 7.70. The van der Waals surface area contributed by atoms with Crippen LogP contribution in [0, 0.1) is 13.8 Å². The average molecular weight is 291 g/mol. The maximum Gasteiger partial charge on any atom is 0.324 e. The van der Waals surface area contributed by atoms with E-state index in [-0.39, 0.29) is 6.10 Å². The summed E-state index contributed by atoms with van der Waals surface area (Å²) in [7, 11) is 0. The molecule has 0 aliphatic heterocycles. The number of carboxylic acid groups (broad SMARTS) is 1. The molecule has 2 rings (SSSR count). The van der Waals surface area contributed by atoms with Crippen molar-refractivity contribution >= 4 is 5.97 Å². The van der Waals surface area contributed by atoms with Crippen molar-refractivity contribution in [2.75, 3.05) is 6.54 Å². The lowest BCUT2D eigenvalue weighted by Gasteiger charge is -2.26. The summed E-state index contributed by atoms with van der Waals surface area (Å²) < 4.78 is 6.07. The van der Waals surface area contributed by atoms with Crippen molar-refractivity contribution in [1.29, 1.82) is 0 Å². The van der Waals surface area contributed by atoms with Crippen LogP contribution in [0.15, 0.2) is 18.2 Å². The number of aliphatic carboxylic acids is 1. The number of hydrogen-bond donors (Lipinski definition) is 2. The first kappa shape index (κ1) is 15.8. The van der Waals surface area contributed by atoms with Gasteiger partial charge in [-0.25, -0.2) is 0 Å². The largest absolute Gasteiger partial charge is 0.490 e. The van der Waals surface area contributed by atoms with E-state index in [1.165, 1.54) is 5.56 Å². The Labute approximate surface area is 126 Å². The van der Waals surface area contributed by atoms with Crippen LogP contribution < -0.4 is 10.1 Å². The lowest BCUT2D eigenvalue weighted by atomic mass is 9.97. The lowest BCUT2D eigenvalue weighted by molar-refractivity contribution is -0.144. The monoisotopic (exact) mass is 291 g/mol. The molecule has 0 aromatic heterocycles. The maximum absolute atomic E-state index is 11.6. The Kier molecular flexibility index (Phi) is 4.88. The van der Waals surface area contributed by atoms with E-state index in [2.05, 4.69) is 18.3 Å². The summed E-state index contributed by atoms with van der Waals surface area (Å²) in [6, 6.07) is 6.00. The highest BCUT2D eigenvalue weighted by molar-refractivity contribution is 5.79. The number of ether oxygens (including phenoxy) is 1. The summed E-state index contributed by atoms with van der Waals surface area (Å²) in [4.78, 5) is 11.6. The molecule has 116 valence electrons. The maximum atomic E-state index is 11.6. The van der Waals surface area contributed by atoms with E-state index >= 15 is 0 Å². The fraction of sp³-hybridized carbons (Fsp3) is 0.588. The zero-order valence-corrected chi connectivity index (χ0v) is 13.1. The molecule has 1 aliphatic carbocycles. The fourth-order valence-corrected chi connectivity index (χ4v) is 2.93. The van der Waals surface area contributed by atoms with Crippen LogP contribution in [0.5, 0.6) is 5.75 Å². The smallest absolute Gasteiger partial charge is 0.324 e. The number of aryl methyl sites for hydroxylation is 1. The molecule has 1 aromatic rings. The molecule has 4 heteroatoms. The number of nitrogens with one attached hydrogen (secondary N) is 1. The zero-order chi connectivity index (χ0) is 15.5. The minimum atomic E-state index is -0.821. The van der Waals surface area contributed by atoms with Gasteiger partial charge in [0, 0.05) is 6.42 Å². The quantitative estimate of drug-likeness (QED) is 0.845. The van der Waals surface area contributed by atoms with E-state index in [1.807, 2.05) is 26.0 Å². The van der Waals surface area contributed by atoms with Crippen LogP contribution >= 0.6 is 0 Å². The second kappa shape index (κ2) is 6.48. The van der Waals surface area contributed by atoms with Gasteiger partial charge in [0.15, 0.2) is 0 Å². The van der Waals surface area contributed by atoms with Crippen LogP contribution in [0.2, 0.25) is 0 Å². The Bertz CT molecular complexity index is 515. The molecule has 2 N–H and O–H groups in total. The molecule has 1 aromatic carbocycles. The van der Waals surface area contributed by atoms with Gasteiger partial charge in [-0.3, -0.25) is 4.79 Å². The van der Waals surface area contributed by atoms with Gasteiger partial charge in [-0.2, -0.15) is 0 Å². The Hall–Kier alpha value is -1.55. The summed E-state index contributed by atoms with van der Waals surface area (Å²) in [5, 5.41) is 12.8. The van der Waals surface area contributed by atoms with E-state index in [9.17, 15) is 9.90 Å².